The van der Waals surface area contributed by atoms with Crippen molar-refractivity contribution in [3.63, 3.8) is 0 Å². The number of carbonyl (C=O) groups is 1. The standard InChI is InChI=1S/C19H30O/c1-4-7-11-17-12-8-13-18(14-17)19(20)15-16(9-5-2)10-6-3/h8,12-14,16H,4-7,9-11,15H2,1-3H3. The molecule has 0 saturated carbocycles. The Labute approximate surface area is 124 Å². The summed E-state index contributed by atoms with van der Waals surface area (Å²) in [7, 11) is 0. The Balaban J connectivity index is 2.65. The van der Waals surface area contributed by atoms with Gasteiger partial charge in [-0.2, -0.15) is 0 Å². The highest BCUT2D eigenvalue weighted by Gasteiger charge is 2.14. The van der Waals surface area contributed by atoms with Crippen molar-refractivity contribution in [1.82, 2.24) is 0 Å². The molecule has 0 amide bonds. The molecule has 0 bridgehead atoms. The van der Waals surface area contributed by atoms with Crippen LogP contribution in [0.5, 0.6) is 0 Å². The van der Waals surface area contributed by atoms with Crippen LogP contribution in [0.1, 0.15) is 81.6 Å². The van der Waals surface area contributed by atoms with Crippen LogP contribution >= 0.6 is 0 Å². The van der Waals surface area contributed by atoms with E-state index >= 15 is 0 Å². The Hall–Kier alpha value is -1.11. The third-order valence-corrected chi connectivity index (χ3v) is 3.94. The fraction of sp³-hybridized carbons (Fsp3) is 0.632. The van der Waals surface area contributed by atoms with Crippen molar-refractivity contribution in [2.45, 2.75) is 72.1 Å². The molecule has 1 heteroatoms. The van der Waals surface area contributed by atoms with Gasteiger partial charge in [0, 0.05) is 12.0 Å². The van der Waals surface area contributed by atoms with E-state index in [1.54, 1.807) is 0 Å². The van der Waals surface area contributed by atoms with E-state index in [0.29, 0.717) is 11.7 Å². The average molecular weight is 274 g/mol. The van der Waals surface area contributed by atoms with Crippen LogP contribution in [0.15, 0.2) is 24.3 Å². The lowest BCUT2D eigenvalue weighted by molar-refractivity contribution is 0.0956. The molecule has 0 aromatic heterocycles. The minimum Gasteiger partial charge on any atom is -0.294 e. The van der Waals surface area contributed by atoms with Gasteiger partial charge in [-0.1, -0.05) is 71.1 Å². The molecule has 0 atom stereocenters. The molecule has 0 radical (unpaired) electrons. The van der Waals surface area contributed by atoms with Gasteiger partial charge in [0.25, 0.3) is 0 Å². The van der Waals surface area contributed by atoms with Crippen LogP contribution in [0.3, 0.4) is 0 Å². The SMILES string of the molecule is CCCCc1cccc(C(=O)CC(CCC)CCC)c1. The number of benzene rings is 1. The molecule has 0 aliphatic heterocycles. The Kier molecular flexibility index (Phi) is 8.25. The van der Waals surface area contributed by atoms with Gasteiger partial charge in [-0.15, -0.1) is 0 Å². The quantitative estimate of drug-likeness (QED) is 0.491. The lowest BCUT2D eigenvalue weighted by Gasteiger charge is -2.14. The summed E-state index contributed by atoms with van der Waals surface area (Å²) in [5.74, 6) is 0.895. The molecule has 0 unspecified atom stereocenters. The van der Waals surface area contributed by atoms with Gasteiger partial charge in [0.15, 0.2) is 5.78 Å². The molecule has 0 fully saturated rings. The number of Topliss-reactive ketones (excluding diaryl/α,β-unsaturated/α-hetero) is 1. The first-order valence-electron chi connectivity index (χ1n) is 8.33. The number of hydrogen-bond acceptors (Lipinski definition) is 1. The average Bonchev–Trinajstić information content (AvgIpc) is 2.46. The minimum atomic E-state index is 0.329. The lowest BCUT2D eigenvalue weighted by Crippen LogP contribution is -2.09. The van der Waals surface area contributed by atoms with E-state index in [-0.39, 0.29) is 0 Å². The van der Waals surface area contributed by atoms with Gasteiger partial charge >= 0.3 is 0 Å². The van der Waals surface area contributed by atoms with E-state index in [1.807, 2.05) is 12.1 Å². The summed E-state index contributed by atoms with van der Waals surface area (Å²) in [6, 6.07) is 8.26. The highest BCUT2D eigenvalue weighted by atomic mass is 16.1. The van der Waals surface area contributed by atoms with E-state index in [1.165, 1.54) is 44.1 Å². The predicted octanol–water partition coefficient (Wildman–Crippen LogP) is 5.82. The molecule has 0 aliphatic rings. The van der Waals surface area contributed by atoms with E-state index in [0.717, 1.165) is 18.4 Å². The molecule has 0 N–H and O–H groups in total. The number of rotatable bonds is 10. The highest BCUT2D eigenvalue weighted by Crippen LogP contribution is 2.21. The summed E-state index contributed by atoms with van der Waals surface area (Å²) in [6.07, 6.45) is 8.91. The summed E-state index contributed by atoms with van der Waals surface area (Å²) in [5.41, 5.74) is 2.22. The molecule has 0 aliphatic carbocycles. The Morgan fingerprint density at radius 1 is 1.05 bits per heavy atom. The summed E-state index contributed by atoms with van der Waals surface area (Å²) in [4.78, 5) is 12.4. The molecular formula is C19H30O. The first kappa shape index (κ1) is 16.9. The first-order chi connectivity index (χ1) is 9.71. The van der Waals surface area contributed by atoms with Gasteiger partial charge in [-0.05, 0) is 30.4 Å². The maximum atomic E-state index is 12.4. The second-order valence-corrected chi connectivity index (χ2v) is 5.87. The van der Waals surface area contributed by atoms with Crippen LogP contribution in [0.25, 0.3) is 0 Å². The smallest absolute Gasteiger partial charge is 0.163 e. The maximum absolute atomic E-state index is 12.4. The first-order valence-corrected chi connectivity index (χ1v) is 8.33. The van der Waals surface area contributed by atoms with Gasteiger partial charge in [0.2, 0.25) is 0 Å². The summed E-state index contributed by atoms with van der Waals surface area (Å²) >= 11 is 0. The van der Waals surface area contributed by atoms with Gasteiger partial charge < -0.3 is 0 Å². The molecule has 1 aromatic rings. The summed E-state index contributed by atoms with van der Waals surface area (Å²) in [5, 5.41) is 0. The summed E-state index contributed by atoms with van der Waals surface area (Å²) < 4.78 is 0. The Morgan fingerprint density at radius 3 is 2.35 bits per heavy atom. The van der Waals surface area contributed by atoms with Gasteiger partial charge in [-0.3, -0.25) is 4.79 Å². The van der Waals surface area contributed by atoms with Gasteiger partial charge in [-0.25, -0.2) is 0 Å². The zero-order chi connectivity index (χ0) is 14.8. The van der Waals surface area contributed by atoms with Crippen LogP contribution in [-0.4, -0.2) is 5.78 Å². The minimum absolute atomic E-state index is 0.329. The molecule has 1 aromatic carbocycles. The van der Waals surface area contributed by atoms with Gasteiger partial charge in [0.05, 0.1) is 0 Å². The summed E-state index contributed by atoms with van der Waals surface area (Å²) in [6.45, 7) is 6.62. The Morgan fingerprint density at radius 2 is 1.75 bits per heavy atom. The van der Waals surface area contributed by atoms with Crippen LogP contribution in [0.2, 0.25) is 0 Å². The fourth-order valence-electron chi connectivity index (χ4n) is 2.83. The van der Waals surface area contributed by atoms with E-state index < -0.39 is 0 Å². The fourth-order valence-corrected chi connectivity index (χ4v) is 2.83. The topological polar surface area (TPSA) is 17.1 Å². The molecule has 0 spiro atoms. The van der Waals surface area contributed by atoms with Crippen molar-refractivity contribution in [3.05, 3.63) is 35.4 Å². The van der Waals surface area contributed by atoms with Crippen molar-refractivity contribution in [2.75, 3.05) is 0 Å². The normalized spacial score (nSPS) is 11.0. The van der Waals surface area contributed by atoms with Crippen molar-refractivity contribution < 1.29 is 4.79 Å². The largest absolute Gasteiger partial charge is 0.294 e. The van der Waals surface area contributed by atoms with Crippen LogP contribution in [-0.2, 0) is 6.42 Å². The second kappa shape index (κ2) is 9.74. The van der Waals surface area contributed by atoms with E-state index in [2.05, 4.69) is 32.9 Å². The zero-order valence-electron chi connectivity index (χ0n) is 13.5. The van der Waals surface area contributed by atoms with Crippen LogP contribution in [0.4, 0.5) is 0 Å². The third-order valence-electron chi connectivity index (χ3n) is 3.94. The molecule has 20 heavy (non-hydrogen) atoms. The van der Waals surface area contributed by atoms with Crippen molar-refractivity contribution in [3.8, 4) is 0 Å². The molecule has 112 valence electrons. The lowest BCUT2D eigenvalue weighted by atomic mass is 9.90. The third kappa shape index (κ3) is 5.90. The van der Waals surface area contributed by atoms with Gasteiger partial charge in [0.1, 0.15) is 0 Å². The van der Waals surface area contributed by atoms with Crippen molar-refractivity contribution >= 4 is 5.78 Å². The van der Waals surface area contributed by atoms with Crippen molar-refractivity contribution in [2.24, 2.45) is 5.92 Å². The highest BCUT2D eigenvalue weighted by molar-refractivity contribution is 5.96. The van der Waals surface area contributed by atoms with Crippen molar-refractivity contribution in [1.29, 1.82) is 0 Å². The molecule has 1 nitrogen and oxygen atoms in total. The zero-order valence-corrected chi connectivity index (χ0v) is 13.5. The molecule has 0 heterocycles. The molecule has 1 rings (SSSR count). The molecule has 0 saturated heterocycles. The number of hydrogen-bond donors (Lipinski definition) is 0. The maximum Gasteiger partial charge on any atom is 0.163 e. The predicted molar refractivity (Wildman–Crippen MR) is 87.3 cm³/mol. The van der Waals surface area contributed by atoms with Crippen LogP contribution < -0.4 is 0 Å². The number of ketones is 1. The Bertz CT molecular complexity index is 389. The number of unbranched alkanes of at least 4 members (excludes halogenated alkanes) is 1. The van der Waals surface area contributed by atoms with E-state index in [4.69, 9.17) is 0 Å². The number of aryl methyl sites for hydroxylation is 1. The van der Waals surface area contributed by atoms with E-state index in [9.17, 15) is 4.79 Å². The molecular weight excluding hydrogens is 244 g/mol. The second-order valence-electron chi connectivity index (χ2n) is 5.87. The monoisotopic (exact) mass is 274 g/mol. The van der Waals surface area contributed by atoms with Crippen LogP contribution in [0, 0.1) is 5.92 Å². The number of carbonyl (C=O) groups excluding carboxylic acids is 1.